The number of carbonyl (C=O) groups excluding carboxylic acids is 3. The summed E-state index contributed by atoms with van der Waals surface area (Å²) in [5.41, 5.74) is 0. The predicted molar refractivity (Wildman–Crippen MR) is 247 cm³/mol. The molecule has 344 valence electrons. The average molecular weight is 821 g/mol. The fourth-order valence-electron chi connectivity index (χ4n) is 7.73. The molecule has 0 radical (unpaired) electrons. The van der Waals surface area contributed by atoms with Crippen molar-refractivity contribution in [3.8, 4) is 0 Å². The highest BCUT2D eigenvalue weighted by atomic mass is 16.6. The van der Waals surface area contributed by atoms with Crippen molar-refractivity contribution in [1.82, 2.24) is 0 Å². The minimum Gasteiger partial charge on any atom is -0.462 e. The molecule has 2 atom stereocenters. The van der Waals surface area contributed by atoms with E-state index in [1.807, 2.05) is 0 Å². The number of carbonyl (C=O) groups is 3. The van der Waals surface area contributed by atoms with Crippen molar-refractivity contribution in [3.05, 3.63) is 0 Å². The van der Waals surface area contributed by atoms with E-state index in [0.29, 0.717) is 19.3 Å². The first-order valence-electron chi connectivity index (χ1n) is 25.6. The van der Waals surface area contributed by atoms with Crippen molar-refractivity contribution in [2.24, 2.45) is 17.8 Å². The summed E-state index contributed by atoms with van der Waals surface area (Å²) >= 11 is 0. The molecule has 1 unspecified atom stereocenters. The van der Waals surface area contributed by atoms with E-state index in [4.69, 9.17) is 14.2 Å². The quantitative estimate of drug-likeness (QED) is 0.0346. The topological polar surface area (TPSA) is 78.9 Å². The predicted octanol–water partition coefficient (Wildman–Crippen LogP) is 16.4. The Bertz CT molecular complexity index is 900. The van der Waals surface area contributed by atoms with E-state index < -0.39 is 6.10 Å². The van der Waals surface area contributed by atoms with Crippen molar-refractivity contribution >= 4 is 17.9 Å². The van der Waals surface area contributed by atoms with Gasteiger partial charge in [0, 0.05) is 19.3 Å². The van der Waals surface area contributed by atoms with Gasteiger partial charge in [-0.1, -0.05) is 241 Å². The van der Waals surface area contributed by atoms with Crippen molar-refractivity contribution in [2.75, 3.05) is 13.2 Å². The van der Waals surface area contributed by atoms with Crippen LogP contribution in [-0.2, 0) is 28.6 Å². The van der Waals surface area contributed by atoms with Gasteiger partial charge in [-0.25, -0.2) is 0 Å². The Hall–Kier alpha value is -1.59. The third-order valence-corrected chi connectivity index (χ3v) is 12.0. The number of esters is 3. The number of ether oxygens (including phenoxy) is 3. The normalized spacial score (nSPS) is 12.6. The fourth-order valence-corrected chi connectivity index (χ4v) is 7.73. The van der Waals surface area contributed by atoms with Crippen LogP contribution in [0.2, 0.25) is 0 Å². The summed E-state index contributed by atoms with van der Waals surface area (Å²) in [6.45, 7) is 13.7. The monoisotopic (exact) mass is 821 g/mol. The Labute approximate surface area is 361 Å². The molecule has 0 aromatic heterocycles. The van der Waals surface area contributed by atoms with Crippen LogP contribution in [0.25, 0.3) is 0 Å². The Morgan fingerprint density at radius 3 is 0.897 bits per heavy atom. The minimum absolute atomic E-state index is 0.0660. The molecule has 0 saturated heterocycles. The molecule has 0 aromatic carbocycles. The molecular formula is C52H100O6. The Morgan fingerprint density at radius 1 is 0.345 bits per heavy atom. The van der Waals surface area contributed by atoms with Crippen molar-refractivity contribution in [3.63, 3.8) is 0 Å². The van der Waals surface area contributed by atoms with Gasteiger partial charge in [0.05, 0.1) is 0 Å². The summed E-state index contributed by atoms with van der Waals surface area (Å²) in [6.07, 6.45) is 42.5. The second-order valence-corrected chi connectivity index (χ2v) is 19.0. The van der Waals surface area contributed by atoms with E-state index in [1.54, 1.807) is 0 Å². The molecule has 0 amide bonds. The van der Waals surface area contributed by atoms with E-state index in [0.717, 1.165) is 75.5 Å². The third-order valence-electron chi connectivity index (χ3n) is 12.0. The lowest BCUT2D eigenvalue weighted by Gasteiger charge is -2.18. The van der Waals surface area contributed by atoms with Crippen LogP contribution < -0.4 is 0 Å². The molecule has 0 saturated carbocycles. The van der Waals surface area contributed by atoms with Gasteiger partial charge in [-0.2, -0.15) is 0 Å². The maximum atomic E-state index is 12.8. The third kappa shape index (κ3) is 44.0. The number of rotatable bonds is 45. The van der Waals surface area contributed by atoms with Gasteiger partial charge in [-0.15, -0.1) is 0 Å². The average Bonchev–Trinajstić information content (AvgIpc) is 3.19. The molecule has 0 spiro atoms. The van der Waals surface area contributed by atoms with E-state index in [-0.39, 0.29) is 31.1 Å². The van der Waals surface area contributed by atoms with Gasteiger partial charge in [-0.05, 0) is 37.0 Å². The van der Waals surface area contributed by atoms with Crippen LogP contribution in [0.3, 0.4) is 0 Å². The summed E-state index contributed by atoms with van der Waals surface area (Å²) < 4.78 is 16.8. The summed E-state index contributed by atoms with van der Waals surface area (Å²) in [7, 11) is 0. The Morgan fingerprint density at radius 2 is 0.603 bits per heavy atom. The van der Waals surface area contributed by atoms with Gasteiger partial charge in [0.2, 0.25) is 0 Å². The van der Waals surface area contributed by atoms with Crippen LogP contribution in [0.1, 0.15) is 279 Å². The largest absolute Gasteiger partial charge is 0.462 e. The van der Waals surface area contributed by atoms with Crippen LogP contribution >= 0.6 is 0 Å². The smallest absolute Gasteiger partial charge is 0.306 e. The Kier molecular flexibility index (Phi) is 42.3. The molecule has 0 rings (SSSR count). The van der Waals surface area contributed by atoms with E-state index >= 15 is 0 Å². The maximum Gasteiger partial charge on any atom is 0.306 e. The van der Waals surface area contributed by atoms with E-state index in [2.05, 4.69) is 41.5 Å². The lowest BCUT2D eigenvalue weighted by atomic mass is 9.99. The molecule has 0 aliphatic rings. The van der Waals surface area contributed by atoms with E-state index in [1.165, 1.54) is 161 Å². The van der Waals surface area contributed by atoms with Gasteiger partial charge < -0.3 is 14.2 Å². The molecule has 58 heavy (non-hydrogen) atoms. The summed E-state index contributed by atoms with van der Waals surface area (Å²) in [5.74, 6) is 1.60. The number of unbranched alkanes of at least 4 members (excludes halogenated alkanes) is 27. The maximum absolute atomic E-state index is 12.8. The molecule has 6 heteroatoms. The number of hydrogen-bond acceptors (Lipinski definition) is 6. The molecule has 0 aliphatic heterocycles. The molecule has 6 nitrogen and oxygen atoms in total. The lowest BCUT2D eigenvalue weighted by molar-refractivity contribution is -0.167. The SMILES string of the molecule is CCC(C)CCCCCCCCCCC(=O)OC[C@@H](COC(=O)CCCCCCCCC(C)C)OC(=O)CCCCCCCCCCCCCCCCCCC(C)C. The van der Waals surface area contributed by atoms with Gasteiger partial charge in [-0.3, -0.25) is 14.4 Å². The van der Waals surface area contributed by atoms with Gasteiger partial charge in [0.15, 0.2) is 6.10 Å². The summed E-state index contributed by atoms with van der Waals surface area (Å²) in [5, 5.41) is 0. The van der Waals surface area contributed by atoms with Gasteiger partial charge in [0.1, 0.15) is 13.2 Å². The highest BCUT2D eigenvalue weighted by Gasteiger charge is 2.19. The highest BCUT2D eigenvalue weighted by Crippen LogP contribution is 2.18. The molecule has 0 fully saturated rings. The summed E-state index contributed by atoms with van der Waals surface area (Å²) in [6, 6.07) is 0. The van der Waals surface area contributed by atoms with E-state index in [9.17, 15) is 14.4 Å². The molecular weight excluding hydrogens is 721 g/mol. The minimum atomic E-state index is -0.763. The molecule has 0 aliphatic carbocycles. The standard InChI is InChI=1S/C52H100O6/c1-7-48(6)40-34-28-21-18-19-22-29-35-41-50(53)56-44-49(45-57-51(54)42-36-30-25-24-27-33-39-47(4)5)58-52(55)43-37-31-23-17-15-13-11-9-8-10-12-14-16-20-26-32-38-46(2)3/h46-49H,7-45H2,1-6H3/t48?,49-/m0/s1. The zero-order chi connectivity index (χ0) is 42.7. The first kappa shape index (κ1) is 56.4. The lowest BCUT2D eigenvalue weighted by Crippen LogP contribution is -2.30. The van der Waals surface area contributed by atoms with Crippen LogP contribution in [0.4, 0.5) is 0 Å². The second kappa shape index (κ2) is 43.5. The second-order valence-electron chi connectivity index (χ2n) is 19.0. The van der Waals surface area contributed by atoms with Crippen LogP contribution in [-0.4, -0.2) is 37.2 Å². The molecule has 0 N–H and O–H groups in total. The van der Waals surface area contributed by atoms with Gasteiger partial charge >= 0.3 is 17.9 Å². The summed E-state index contributed by atoms with van der Waals surface area (Å²) in [4.78, 5) is 37.8. The zero-order valence-electron chi connectivity index (χ0n) is 39.8. The van der Waals surface area contributed by atoms with Crippen molar-refractivity contribution < 1.29 is 28.6 Å². The molecule has 0 bridgehead atoms. The van der Waals surface area contributed by atoms with Crippen molar-refractivity contribution in [2.45, 2.75) is 285 Å². The van der Waals surface area contributed by atoms with Crippen LogP contribution in [0.5, 0.6) is 0 Å². The molecule has 0 aromatic rings. The Balaban J connectivity index is 4.25. The van der Waals surface area contributed by atoms with Crippen LogP contribution in [0, 0.1) is 17.8 Å². The first-order chi connectivity index (χ1) is 28.1. The number of hydrogen-bond donors (Lipinski definition) is 0. The fraction of sp³-hybridized carbons (Fsp3) is 0.942. The van der Waals surface area contributed by atoms with Crippen LogP contribution in [0.15, 0.2) is 0 Å². The highest BCUT2D eigenvalue weighted by molar-refractivity contribution is 5.71. The van der Waals surface area contributed by atoms with Crippen molar-refractivity contribution in [1.29, 1.82) is 0 Å². The first-order valence-corrected chi connectivity index (χ1v) is 25.6. The van der Waals surface area contributed by atoms with Gasteiger partial charge in [0.25, 0.3) is 0 Å². The molecule has 0 heterocycles. The zero-order valence-corrected chi connectivity index (χ0v) is 39.8.